The fourth-order valence-electron chi connectivity index (χ4n) is 2.59. The monoisotopic (exact) mass is 260 g/mol. The number of ether oxygens (including phenoxy) is 1. The lowest BCUT2D eigenvalue weighted by molar-refractivity contribution is 0.129. The smallest absolute Gasteiger partial charge is 0.114 e. The summed E-state index contributed by atoms with van der Waals surface area (Å²) in [6, 6.07) is 4.31. The minimum Gasteiger partial charge on any atom is -0.377 e. The number of hydrogen-bond donors (Lipinski definition) is 0. The zero-order chi connectivity index (χ0) is 12.4. The first-order chi connectivity index (χ1) is 8.86. The predicted molar refractivity (Wildman–Crippen MR) is 70.7 cm³/mol. The lowest BCUT2D eigenvalue weighted by atomic mass is 10.2. The number of thioether (sulfide) groups is 1. The molecule has 0 spiro atoms. The Labute approximate surface area is 112 Å². The van der Waals surface area contributed by atoms with Crippen molar-refractivity contribution in [3.8, 4) is 6.07 Å². The van der Waals surface area contributed by atoms with Crippen LogP contribution in [-0.2, 0) is 17.6 Å². The van der Waals surface area contributed by atoms with Crippen LogP contribution in [0.5, 0.6) is 0 Å². The summed E-state index contributed by atoms with van der Waals surface area (Å²) in [7, 11) is 0. The molecule has 3 rings (SSSR count). The van der Waals surface area contributed by atoms with Crippen molar-refractivity contribution in [2.24, 2.45) is 0 Å². The molecule has 18 heavy (non-hydrogen) atoms. The predicted octanol–water partition coefficient (Wildman–Crippen LogP) is 2.71. The van der Waals surface area contributed by atoms with Gasteiger partial charge >= 0.3 is 0 Å². The molecular weight excluding hydrogens is 244 g/mol. The summed E-state index contributed by atoms with van der Waals surface area (Å²) >= 11 is 1.68. The van der Waals surface area contributed by atoms with E-state index >= 15 is 0 Å². The van der Waals surface area contributed by atoms with Gasteiger partial charge in [0.05, 0.1) is 11.7 Å². The molecule has 1 aliphatic heterocycles. The minimum absolute atomic E-state index is 0.344. The van der Waals surface area contributed by atoms with Crippen LogP contribution >= 0.6 is 11.8 Å². The molecule has 94 valence electrons. The Kier molecular flexibility index (Phi) is 3.53. The first-order valence-electron chi connectivity index (χ1n) is 6.54. The van der Waals surface area contributed by atoms with Crippen molar-refractivity contribution in [2.75, 3.05) is 12.4 Å². The number of fused-ring (bicyclic) bond motifs is 1. The summed E-state index contributed by atoms with van der Waals surface area (Å²) < 4.78 is 5.61. The standard InChI is InChI=1S/C14H16N2OS/c15-8-11-7-10-3-1-5-13(10)16-14(11)18-9-12-4-2-6-17-12/h7,12H,1-6,9H2. The van der Waals surface area contributed by atoms with Crippen LogP contribution in [0.4, 0.5) is 0 Å². The summed E-state index contributed by atoms with van der Waals surface area (Å²) in [6.07, 6.45) is 5.96. The van der Waals surface area contributed by atoms with Crippen LogP contribution in [0.3, 0.4) is 0 Å². The fourth-order valence-corrected chi connectivity index (χ4v) is 3.63. The van der Waals surface area contributed by atoms with Gasteiger partial charge in [0.1, 0.15) is 11.1 Å². The van der Waals surface area contributed by atoms with Crippen LogP contribution in [0.2, 0.25) is 0 Å². The summed E-state index contributed by atoms with van der Waals surface area (Å²) in [5, 5.41) is 10.1. The molecule has 4 heteroatoms. The van der Waals surface area contributed by atoms with Crippen molar-refractivity contribution >= 4 is 11.8 Å². The van der Waals surface area contributed by atoms with Crippen LogP contribution in [0.25, 0.3) is 0 Å². The molecule has 1 aromatic heterocycles. The van der Waals surface area contributed by atoms with Gasteiger partial charge in [-0.05, 0) is 43.7 Å². The van der Waals surface area contributed by atoms with E-state index in [1.54, 1.807) is 11.8 Å². The van der Waals surface area contributed by atoms with Gasteiger partial charge in [-0.1, -0.05) is 0 Å². The second kappa shape index (κ2) is 5.29. The van der Waals surface area contributed by atoms with Crippen LogP contribution < -0.4 is 0 Å². The molecule has 1 aromatic rings. The third-order valence-electron chi connectivity index (χ3n) is 3.57. The molecule has 1 saturated heterocycles. The second-order valence-electron chi connectivity index (χ2n) is 4.86. The second-order valence-corrected chi connectivity index (χ2v) is 5.87. The fraction of sp³-hybridized carbons (Fsp3) is 0.571. The summed E-state index contributed by atoms with van der Waals surface area (Å²) in [4.78, 5) is 4.67. The zero-order valence-corrected chi connectivity index (χ0v) is 11.1. The van der Waals surface area contributed by atoms with Crippen molar-refractivity contribution in [2.45, 2.75) is 43.2 Å². The molecular formula is C14H16N2OS. The average Bonchev–Trinajstić information content (AvgIpc) is 3.05. The van der Waals surface area contributed by atoms with Crippen molar-refractivity contribution in [3.63, 3.8) is 0 Å². The van der Waals surface area contributed by atoms with Gasteiger partial charge < -0.3 is 4.74 Å². The van der Waals surface area contributed by atoms with Gasteiger partial charge in [0.15, 0.2) is 0 Å². The molecule has 1 fully saturated rings. The summed E-state index contributed by atoms with van der Waals surface area (Å²) in [5.41, 5.74) is 3.20. The van der Waals surface area contributed by atoms with Crippen molar-refractivity contribution in [1.29, 1.82) is 5.26 Å². The molecule has 0 amide bonds. The van der Waals surface area contributed by atoms with Crippen molar-refractivity contribution < 1.29 is 4.74 Å². The number of aryl methyl sites for hydroxylation is 2. The minimum atomic E-state index is 0.344. The maximum absolute atomic E-state index is 9.21. The first-order valence-corrected chi connectivity index (χ1v) is 7.52. The lowest BCUT2D eigenvalue weighted by Gasteiger charge is -2.10. The summed E-state index contributed by atoms with van der Waals surface area (Å²) in [5.74, 6) is 0.917. The van der Waals surface area contributed by atoms with E-state index in [4.69, 9.17) is 4.74 Å². The van der Waals surface area contributed by atoms with Crippen molar-refractivity contribution in [1.82, 2.24) is 4.98 Å². The maximum Gasteiger partial charge on any atom is 0.114 e. The van der Waals surface area contributed by atoms with Crippen LogP contribution in [-0.4, -0.2) is 23.4 Å². The van der Waals surface area contributed by atoms with Gasteiger partial charge in [-0.25, -0.2) is 4.98 Å². The largest absolute Gasteiger partial charge is 0.377 e. The van der Waals surface area contributed by atoms with Crippen LogP contribution in [0.15, 0.2) is 11.1 Å². The first kappa shape index (κ1) is 12.0. The molecule has 2 heterocycles. The Morgan fingerprint density at radius 2 is 2.39 bits per heavy atom. The molecule has 0 saturated carbocycles. The van der Waals surface area contributed by atoms with E-state index in [2.05, 4.69) is 11.1 Å². The van der Waals surface area contributed by atoms with Gasteiger partial charge in [0.25, 0.3) is 0 Å². The Balaban J connectivity index is 1.76. The highest BCUT2D eigenvalue weighted by molar-refractivity contribution is 7.99. The molecule has 1 unspecified atom stereocenters. The Morgan fingerprint density at radius 3 is 3.17 bits per heavy atom. The highest BCUT2D eigenvalue weighted by Gasteiger charge is 2.19. The topological polar surface area (TPSA) is 45.9 Å². The molecule has 3 nitrogen and oxygen atoms in total. The van der Waals surface area contributed by atoms with Gasteiger partial charge in [-0.2, -0.15) is 5.26 Å². The number of rotatable bonds is 3. The van der Waals surface area contributed by atoms with E-state index in [0.717, 1.165) is 48.6 Å². The van der Waals surface area contributed by atoms with Gasteiger partial charge in [0, 0.05) is 18.1 Å². The van der Waals surface area contributed by atoms with Crippen LogP contribution in [0, 0.1) is 11.3 Å². The Morgan fingerprint density at radius 1 is 1.44 bits per heavy atom. The SMILES string of the molecule is N#Cc1cc2c(nc1SCC1CCCO1)CCC2. The number of nitriles is 1. The van der Waals surface area contributed by atoms with Gasteiger partial charge in [0.2, 0.25) is 0 Å². The molecule has 0 N–H and O–H groups in total. The molecule has 2 aliphatic rings. The van der Waals surface area contributed by atoms with Crippen LogP contribution in [0.1, 0.15) is 36.1 Å². The number of pyridine rings is 1. The molecule has 1 aliphatic carbocycles. The highest BCUT2D eigenvalue weighted by Crippen LogP contribution is 2.29. The molecule has 0 radical (unpaired) electrons. The van der Waals surface area contributed by atoms with E-state index in [1.807, 2.05) is 6.07 Å². The molecule has 1 atom stereocenters. The normalized spacial score (nSPS) is 21.8. The number of hydrogen-bond acceptors (Lipinski definition) is 4. The van der Waals surface area contributed by atoms with E-state index < -0.39 is 0 Å². The molecule has 0 bridgehead atoms. The van der Waals surface area contributed by atoms with E-state index in [0.29, 0.717) is 6.10 Å². The van der Waals surface area contributed by atoms with Gasteiger partial charge in [-0.3, -0.25) is 0 Å². The van der Waals surface area contributed by atoms with E-state index in [1.165, 1.54) is 17.7 Å². The van der Waals surface area contributed by atoms with E-state index in [-0.39, 0.29) is 0 Å². The third-order valence-corrected chi connectivity index (χ3v) is 4.69. The Bertz CT molecular complexity index is 489. The number of nitrogens with zero attached hydrogens (tertiary/aromatic N) is 2. The maximum atomic E-state index is 9.21. The average molecular weight is 260 g/mol. The highest BCUT2D eigenvalue weighted by atomic mass is 32.2. The number of aromatic nitrogens is 1. The van der Waals surface area contributed by atoms with Crippen molar-refractivity contribution in [3.05, 3.63) is 22.9 Å². The summed E-state index contributed by atoms with van der Waals surface area (Å²) in [6.45, 7) is 0.883. The van der Waals surface area contributed by atoms with Gasteiger partial charge in [-0.15, -0.1) is 11.8 Å². The Hall–Kier alpha value is -1.05. The van der Waals surface area contributed by atoms with E-state index in [9.17, 15) is 5.26 Å². The lowest BCUT2D eigenvalue weighted by Crippen LogP contribution is -2.08. The zero-order valence-electron chi connectivity index (χ0n) is 10.3. The molecule has 0 aromatic carbocycles. The quantitative estimate of drug-likeness (QED) is 0.784. The third kappa shape index (κ3) is 2.38.